The Bertz CT molecular complexity index is 600. The van der Waals surface area contributed by atoms with Crippen LogP contribution in [-0.2, 0) is 0 Å². The minimum Gasteiger partial charge on any atom is -0.349 e. The quantitative estimate of drug-likeness (QED) is 0.616. The highest BCUT2D eigenvalue weighted by atomic mass is 16.6. The molecule has 0 bridgehead atoms. The van der Waals surface area contributed by atoms with Gasteiger partial charge in [-0.25, -0.2) is 0 Å². The first-order chi connectivity index (χ1) is 9.09. The molecule has 0 aliphatic rings. The van der Waals surface area contributed by atoms with Crippen molar-refractivity contribution in [3.05, 3.63) is 57.5 Å². The molecule has 0 aliphatic carbocycles. The monoisotopic (exact) mass is 258 g/mol. The van der Waals surface area contributed by atoms with Crippen molar-refractivity contribution in [2.75, 3.05) is 0 Å². The van der Waals surface area contributed by atoms with E-state index in [2.05, 4.69) is 5.16 Å². The molecule has 2 rings (SSSR count). The maximum Gasteiger partial charge on any atom is 0.339 e. The summed E-state index contributed by atoms with van der Waals surface area (Å²) in [6.45, 7) is 3.69. The predicted molar refractivity (Wildman–Crippen MR) is 72.6 cm³/mol. The first kappa shape index (κ1) is 13.0. The van der Waals surface area contributed by atoms with Crippen LogP contribution < -0.4 is 0 Å². The summed E-state index contributed by atoms with van der Waals surface area (Å²) in [5.74, 6) is 0.126. The highest BCUT2D eigenvalue weighted by Crippen LogP contribution is 2.30. The number of aromatic nitrogens is 1. The van der Waals surface area contributed by atoms with E-state index in [1.165, 1.54) is 0 Å². The minimum absolute atomic E-state index is 0.0528. The fourth-order valence-corrected chi connectivity index (χ4v) is 1.72. The van der Waals surface area contributed by atoms with Gasteiger partial charge in [-0.05, 0) is 11.6 Å². The molecule has 0 spiro atoms. The number of benzene rings is 1. The molecular weight excluding hydrogens is 244 g/mol. The molecule has 2 aromatic rings. The van der Waals surface area contributed by atoms with Gasteiger partial charge < -0.3 is 4.52 Å². The zero-order chi connectivity index (χ0) is 13.8. The van der Waals surface area contributed by atoms with Crippen LogP contribution in [0.25, 0.3) is 12.2 Å². The lowest BCUT2D eigenvalue weighted by Crippen LogP contribution is -1.96. The Hall–Kier alpha value is -2.43. The SMILES string of the molecule is CC(C)c1noc(/C=C/c2ccccc2)c1[N+](=O)[O-]. The molecule has 1 heterocycles. The van der Waals surface area contributed by atoms with Crippen molar-refractivity contribution in [1.82, 2.24) is 5.16 Å². The van der Waals surface area contributed by atoms with Gasteiger partial charge in [-0.15, -0.1) is 0 Å². The first-order valence-corrected chi connectivity index (χ1v) is 5.96. The van der Waals surface area contributed by atoms with Gasteiger partial charge in [0.25, 0.3) is 0 Å². The van der Waals surface area contributed by atoms with E-state index in [0.29, 0.717) is 5.69 Å². The molecule has 1 aromatic carbocycles. The molecule has 0 saturated heterocycles. The molecule has 5 heteroatoms. The van der Waals surface area contributed by atoms with Crippen molar-refractivity contribution in [2.45, 2.75) is 19.8 Å². The normalized spacial score (nSPS) is 11.3. The van der Waals surface area contributed by atoms with Crippen molar-refractivity contribution in [1.29, 1.82) is 0 Å². The van der Waals surface area contributed by atoms with Gasteiger partial charge in [0.05, 0.1) is 4.92 Å². The molecule has 19 heavy (non-hydrogen) atoms. The number of hydrogen-bond acceptors (Lipinski definition) is 4. The van der Waals surface area contributed by atoms with E-state index in [1.54, 1.807) is 12.2 Å². The van der Waals surface area contributed by atoms with E-state index in [9.17, 15) is 10.1 Å². The third-order valence-electron chi connectivity index (χ3n) is 2.67. The van der Waals surface area contributed by atoms with E-state index in [-0.39, 0.29) is 17.4 Å². The molecule has 98 valence electrons. The smallest absolute Gasteiger partial charge is 0.339 e. The zero-order valence-electron chi connectivity index (χ0n) is 10.7. The van der Waals surface area contributed by atoms with Crippen LogP contribution in [0.5, 0.6) is 0 Å². The van der Waals surface area contributed by atoms with Gasteiger partial charge in [-0.2, -0.15) is 0 Å². The van der Waals surface area contributed by atoms with Crippen LogP contribution in [0, 0.1) is 10.1 Å². The Morgan fingerprint density at radius 1 is 1.26 bits per heavy atom. The number of rotatable bonds is 4. The number of nitrogens with zero attached hydrogens (tertiary/aromatic N) is 2. The van der Waals surface area contributed by atoms with E-state index < -0.39 is 4.92 Å². The summed E-state index contributed by atoms with van der Waals surface area (Å²) < 4.78 is 5.06. The largest absolute Gasteiger partial charge is 0.349 e. The fourth-order valence-electron chi connectivity index (χ4n) is 1.72. The molecule has 0 radical (unpaired) electrons. The second-order valence-electron chi connectivity index (χ2n) is 4.44. The molecule has 0 unspecified atom stereocenters. The molecule has 0 N–H and O–H groups in total. The van der Waals surface area contributed by atoms with Crippen molar-refractivity contribution < 1.29 is 9.45 Å². The molecule has 0 aliphatic heterocycles. The predicted octanol–water partition coefficient (Wildman–Crippen LogP) is 3.88. The Labute approximate surface area is 110 Å². The third kappa shape index (κ3) is 2.88. The summed E-state index contributed by atoms with van der Waals surface area (Å²) in [6, 6.07) is 9.51. The molecule has 5 nitrogen and oxygen atoms in total. The van der Waals surface area contributed by atoms with Crippen molar-refractivity contribution >= 4 is 17.8 Å². The summed E-state index contributed by atoms with van der Waals surface area (Å²) in [7, 11) is 0. The van der Waals surface area contributed by atoms with Crippen LogP contribution in [0.1, 0.15) is 36.8 Å². The minimum atomic E-state index is -0.448. The fraction of sp³-hybridized carbons (Fsp3) is 0.214. The van der Waals surface area contributed by atoms with Gasteiger partial charge in [0.1, 0.15) is 0 Å². The lowest BCUT2D eigenvalue weighted by Gasteiger charge is -1.96. The van der Waals surface area contributed by atoms with Gasteiger partial charge in [0.15, 0.2) is 5.69 Å². The van der Waals surface area contributed by atoms with E-state index >= 15 is 0 Å². The van der Waals surface area contributed by atoms with Gasteiger partial charge in [-0.1, -0.05) is 55.4 Å². The topological polar surface area (TPSA) is 69.2 Å². The molecular formula is C14H14N2O3. The molecule has 0 saturated carbocycles. The van der Waals surface area contributed by atoms with Crippen molar-refractivity contribution in [3.8, 4) is 0 Å². The lowest BCUT2D eigenvalue weighted by molar-refractivity contribution is -0.386. The van der Waals surface area contributed by atoms with E-state index in [0.717, 1.165) is 5.56 Å². The highest BCUT2D eigenvalue weighted by Gasteiger charge is 2.27. The van der Waals surface area contributed by atoms with Gasteiger partial charge >= 0.3 is 5.69 Å². The molecule has 1 aromatic heterocycles. The second kappa shape index (κ2) is 5.48. The highest BCUT2D eigenvalue weighted by molar-refractivity contribution is 5.71. The van der Waals surface area contributed by atoms with Crippen LogP contribution >= 0.6 is 0 Å². The average Bonchev–Trinajstić information content (AvgIpc) is 2.81. The molecule has 0 amide bonds. The Morgan fingerprint density at radius 3 is 2.53 bits per heavy atom. The van der Waals surface area contributed by atoms with E-state index in [1.807, 2.05) is 44.2 Å². The zero-order valence-corrected chi connectivity index (χ0v) is 10.7. The third-order valence-corrected chi connectivity index (χ3v) is 2.67. The maximum atomic E-state index is 11.1. The summed E-state index contributed by atoms with van der Waals surface area (Å²) >= 11 is 0. The molecule has 0 fully saturated rings. The van der Waals surface area contributed by atoms with Crippen molar-refractivity contribution in [2.24, 2.45) is 0 Å². The first-order valence-electron chi connectivity index (χ1n) is 5.96. The Balaban J connectivity index is 2.36. The maximum absolute atomic E-state index is 11.1. The van der Waals surface area contributed by atoms with Crippen LogP contribution in [0.4, 0.5) is 5.69 Å². The number of nitro groups is 1. The summed E-state index contributed by atoms with van der Waals surface area (Å²) in [6.07, 6.45) is 3.34. The summed E-state index contributed by atoms with van der Waals surface area (Å²) in [4.78, 5) is 10.6. The average molecular weight is 258 g/mol. The van der Waals surface area contributed by atoms with Crippen LogP contribution in [0.2, 0.25) is 0 Å². The van der Waals surface area contributed by atoms with Crippen LogP contribution in [0.3, 0.4) is 0 Å². The van der Waals surface area contributed by atoms with E-state index in [4.69, 9.17) is 4.52 Å². The van der Waals surface area contributed by atoms with Crippen molar-refractivity contribution in [3.63, 3.8) is 0 Å². The van der Waals surface area contributed by atoms with Crippen LogP contribution in [-0.4, -0.2) is 10.1 Å². The lowest BCUT2D eigenvalue weighted by atomic mass is 10.1. The van der Waals surface area contributed by atoms with Crippen LogP contribution in [0.15, 0.2) is 34.9 Å². The Morgan fingerprint density at radius 2 is 1.95 bits per heavy atom. The van der Waals surface area contributed by atoms with Gasteiger partial charge in [0, 0.05) is 5.92 Å². The van der Waals surface area contributed by atoms with Gasteiger partial charge in [-0.3, -0.25) is 10.1 Å². The van der Waals surface area contributed by atoms with Gasteiger partial charge in [0.2, 0.25) is 5.76 Å². The summed E-state index contributed by atoms with van der Waals surface area (Å²) in [5, 5.41) is 14.9. The standard InChI is InChI=1S/C14H14N2O3/c1-10(2)13-14(16(17)18)12(19-15-13)9-8-11-6-4-3-5-7-11/h3-10H,1-2H3/b9-8+. The summed E-state index contributed by atoms with van der Waals surface area (Å²) in [5.41, 5.74) is 1.26. The Kier molecular flexibility index (Phi) is 3.75. The molecule has 0 atom stereocenters. The number of hydrogen-bond donors (Lipinski definition) is 0. The second-order valence-corrected chi connectivity index (χ2v) is 4.44.